The van der Waals surface area contributed by atoms with Gasteiger partial charge in [0, 0.05) is 31.3 Å². The summed E-state index contributed by atoms with van der Waals surface area (Å²) in [6, 6.07) is 30.0. The van der Waals surface area contributed by atoms with Crippen molar-refractivity contribution < 1.29 is 0 Å². The first-order valence-corrected chi connectivity index (χ1v) is 10.1. The molecule has 4 aromatic carbocycles. The van der Waals surface area contributed by atoms with Crippen LogP contribution in [0.15, 0.2) is 84.9 Å². The number of fused-ring (bicyclic) bond motifs is 6. The van der Waals surface area contributed by atoms with Gasteiger partial charge in [0.25, 0.3) is 0 Å². The number of rotatable bonds is 1. The van der Waals surface area contributed by atoms with Crippen LogP contribution in [-0.2, 0) is 0 Å². The van der Waals surface area contributed by atoms with Crippen molar-refractivity contribution in [3.05, 3.63) is 90.0 Å². The van der Waals surface area contributed by atoms with E-state index in [0.717, 1.165) is 10.5 Å². The predicted octanol–water partition coefficient (Wildman–Crippen LogP) is 7.81. The zero-order chi connectivity index (χ0) is 18.0. The SMILES string of the molecule is Clc1ccc2c3ccccc3n(-c3cccc4c3sc3ccccc34)c2c1. The van der Waals surface area contributed by atoms with E-state index in [4.69, 9.17) is 11.6 Å². The fourth-order valence-corrected chi connectivity index (χ4v) is 5.48. The number of hydrogen-bond acceptors (Lipinski definition) is 1. The van der Waals surface area contributed by atoms with Crippen molar-refractivity contribution in [2.45, 2.75) is 0 Å². The first-order valence-electron chi connectivity index (χ1n) is 8.90. The summed E-state index contributed by atoms with van der Waals surface area (Å²) in [6.45, 7) is 0. The summed E-state index contributed by atoms with van der Waals surface area (Å²) in [7, 11) is 0. The van der Waals surface area contributed by atoms with Gasteiger partial charge in [-0.25, -0.2) is 0 Å². The Bertz CT molecular complexity index is 1490. The molecule has 0 saturated carbocycles. The molecular formula is C24H14ClNS. The van der Waals surface area contributed by atoms with Crippen LogP contribution < -0.4 is 0 Å². The molecule has 6 aromatic rings. The van der Waals surface area contributed by atoms with E-state index in [-0.39, 0.29) is 0 Å². The Balaban J connectivity index is 1.84. The topological polar surface area (TPSA) is 4.93 Å². The average Bonchev–Trinajstić information content (AvgIpc) is 3.23. The second kappa shape index (κ2) is 5.59. The third-order valence-electron chi connectivity index (χ3n) is 5.26. The molecule has 0 spiro atoms. The molecule has 2 heterocycles. The number of para-hydroxylation sites is 1. The van der Waals surface area contributed by atoms with Crippen molar-refractivity contribution in [3.8, 4) is 5.69 Å². The first-order chi connectivity index (χ1) is 13.3. The second-order valence-corrected chi connectivity index (χ2v) is 8.25. The molecule has 0 amide bonds. The lowest BCUT2D eigenvalue weighted by atomic mass is 10.1. The molecule has 0 aliphatic carbocycles. The van der Waals surface area contributed by atoms with Gasteiger partial charge in [0.1, 0.15) is 0 Å². The highest BCUT2D eigenvalue weighted by Crippen LogP contribution is 2.40. The van der Waals surface area contributed by atoms with E-state index < -0.39 is 0 Å². The van der Waals surface area contributed by atoms with Gasteiger partial charge in [0.2, 0.25) is 0 Å². The number of nitrogens with zero attached hydrogens (tertiary/aromatic N) is 1. The van der Waals surface area contributed by atoms with Gasteiger partial charge in [0.15, 0.2) is 0 Å². The van der Waals surface area contributed by atoms with Crippen molar-refractivity contribution in [2.24, 2.45) is 0 Å². The quantitative estimate of drug-likeness (QED) is 0.273. The molecule has 0 aliphatic heterocycles. The number of thiophene rings is 1. The van der Waals surface area contributed by atoms with Gasteiger partial charge in [0.05, 0.1) is 21.4 Å². The molecule has 6 rings (SSSR count). The van der Waals surface area contributed by atoms with Gasteiger partial charge in [-0.2, -0.15) is 0 Å². The van der Waals surface area contributed by atoms with E-state index in [0.29, 0.717) is 0 Å². The van der Waals surface area contributed by atoms with Gasteiger partial charge in [-0.3, -0.25) is 0 Å². The van der Waals surface area contributed by atoms with Crippen LogP contribution in [0.2, 0.25) is 5.02 Å². The van der Waals surface area contributed by atoms with Gasteiger partial charge in [-0.15, -0.1) is 11.3 Å². The Labute approximate surface area is 165 Å². The fourth-order valence-electron chi connectivity index (χ4n) is 4.11. The standard InChI is InChI=1S/C24H14ClNS/c25-15-12-13-17-16-6-1-3-9-20(16)26(22(17)14-15)21-10-5-8-19-18-7-2-4-11-23(18)27-24(19)21/h1-14H. The largest absolute Gasteiger partial charge is 0.308 e. The molecule has 0 aliphatic rings. The molecule has 0 radical (unpaired) electrons. The fraction of sp³-hybridized carbons (Fsp3) is 0. The van der Waals surface area contributed by atoms with Gasteiger partial charge in [-0.1, -0.05) is 66.2 Å². The minimum absolute atomic E-state index is 0.759. The number of benzene rings is 4. The number of aromatic nitrogens is 1. The van der Waals surface area contributed by atoms with Crippen LogP contribution in [0.25, 0.3) is 47.7 Å². The maximum Gasteiger partial charge on any atom is 0.0640 e. The molecular weight excluding hydrogens is 370 g/mol. The van der Waals surface area contributed by atoms with Crippen LogP contribution in [0.1, 0.15) is 0 Å². The highest BCUT2D eigenvalue weighted by atomic mass is 35.5. The zero-order valence-corrected chi connectivity index (χ0v) is 15.9. The molecule has 0 N–H and O–H groups in total. The summed E-state index contributed by atoms with van der Waals surface area (Å²) in [5.74, 6) is 0. The average molecular weight is 384 g/mol. The molecule has 0 bridgehead atoms. The summed E-state index contributed by atoms with van der Waals surface area (Å²) < 4.78 is 4.98. The van der Waals surface area contributed by atoms with E-state index in [1.165, 1.54) is 42.1 Å². The molecule has 27 heavy (non-hydrogen) atoms. The highest BCUT2D eigenvalue weighted by molar-refractivity contribution is 7.26. The Hall–Kier alpha value is -2.81. The summed E-state index contributed by atoms with van der Waals surface area (Å²) in [6.07, 6.45) is 0. The van der Waals surface area contributed by atoms with E-state index >= 15 is 0 Å². The normalized spacial score (nSPS) is 11.9. The Morgan fingerprint density at radius 3 is 2.30 bits per heavy atom. The lowest BCUT2D eigenvalue weighted by Gasteiger charge is -2.09. The van der Waals surface area contributed by atoms with Crippen molar-refractivity contribution >= 4 is 64.9 Å². The third kappa shape index (κ3) is 2.11. The van der Waals surface area contributed by atoms with Crippen molar-refractivity contribution in [2.75, 3.05) is 0 Å². The molecule has 0 unspecified atom stereocenters. The Morgan fingerprint density at radius 1 is 0.630 bits per heavy atom. The minimum atomic E-state index is 0.759. The Morgan fingerprint density at radius 2 is 1.37 bits per heavy atom. The summed E-state index contributed by atoms with van der Waals surface area (Å²) in [5.41, 5.74) is 3.57. The lowest BCUT2D eigenvalue weighted by Crippen LogP contribution is -1.93. The van der Waals surface area contributed by atoms with Crippen molar-refractivity contribution in [3.63, 3.8) is 0 Å². The maximum atomic E-state index is 6.38. The van der Waals surface area contributed by atoms with Crippen LogP contribution in [0, 0.1) is 0 Å². The maximum absolute atomic E-state index is 6.38. The van der Waals surface area contributed by atoms with Crippen LogP contribution >= 0.6 is 22.9 Å². The van der Waals surface area contributed by atoms with Crippen LogP contribution in [0.3, 0.4) is 0 Å². The highest BCUT2D eigenvalue weighted by Gasteiger charge is 2.16. The summed E-state index contributed by atoms with van der Waals surface area (Å²) in [4.78, 5) is 0. The molecule has 0 saturated heterocycles. The molecule has 1 nitrogen and oxygen atoms in total. The minimum Gasteiger partial charge on any atom is -0.308 e. The molecule has 128 valence electrons. The van der Waals surface area contributed by atoms with Crippen LogP contribution in [0.4, 0.5) is 0 Å². The molecule has 2 aromatic heterocycles. The van der Waals surface area contributed by atoms with Gasteiger partial charge in [-0.05, 0) is 30.3 Å². The van der Waals surface area contributed by atoms with E-state index in [2.05, 4.69) is 83.4 Å². The second-order valence-electron chi connectivity index (χ2n) is 6.77. The number of hydrogen-bond donors (Lipinski definition) is 0. The monoisotopic (exact) mass is 383 g/mol. The molecule has 3 heteroatoms. The van der Waals surface area contributed by atoms with Crippen LogP contribution in [0.5, 0.6) is 0 Å². The van der Waals surface area contributed by atoms with Gasteiger partial charge < -0.3 is 4.57 Å². The van der Waals surface area contributed by atoms with Crippen molar-refractivity contribution in [1.29, 1.82) is 0 Å². The van der Waals surface area contributed by atoms with Crippen LogP contribution in [-0.4, -0.2) is 4.57 Å². The summed E-state index contributed by atoms with van der Waals surface area (Å²) in [5, 5.41) is 5.87. The molecule has 0 fully saturated rings. The number of halogens is 1. The first kappa shape index (κ1) is 15.3. The lowest BCUT2D eigenvalue weighted by molar-refractivity contribution is 1.20. The van der Waals surface area contributed by atoms with Crippen molar-refractivity contribution in [1.82, 2.24) is 4.57 Å². The van der Waals surface area contributed by atoms with E-state index in [9.17, 15) is 0 Å². The summed E-state index contributed by atoms with van der Waals surface area (Å²) >= 11 is 8.23. The molecule has 0 atom stereocenters. The third-order valence-corrected chi connectivity index (χ3v) is 6.70. The smallest absolute Gasteiger partial charge is 0.0640 e. The van der Waals surface area contributed by atoms with E-state index in [1.807, 2.05) is 17.4 Å². The predicted molar refractivity (Wildman–Crippen MR) is 119 cm³/mol. The van der Waals surface area contributed by atoms with Gasteiger partial charge >= 0.3 is 0 Å². The zero-order valence-electron chi connectivity index (χ0n) is 14.3. The van der Waals surface area contributed by atoms with E-state index in [1.54, 1.807) is 0 Å². The Kier molecular flexibility index (Phi) is 3.16.